The number of rotatable bonds is 7. The molecule has 11 heteroatoms. The van der Waals surface area contributed by atoms with Crippen LogP contribution in [0.25, 0.3) is 16.7 Å². The second-order valence-corrected chi connectivity index (χ2v) is 9.46. The first-order chi connectivity index (χ1) is 15.6. The van der Waals surface area contributed by atoms with Crippen LogP contribution in [0, 0.1) is 0 Å². The molecule has 0 unspecified atom stereocenters. The Balaban J connectivity index is 1.26. The van der Waals surface area contributed by atoms with Crippen LogP contribution in [-0.4, -0.2) is 38.4 Å². The molecule has 0 aliphatic rings. The van der Waals surface area contributed by atoms with Gasteiger partial charge in [0.15, 0.2) is 5.16 Å². The predicted octanol–water partition coefficient (Wildman–Crippen LogP) is 3.63. The van der Waals surface area contributed by atoms with Crippen LogP contribution in [0.3, 0.4) is 0 Å². The van der Waals surface area contributed by atoms with Crippen molar-refractivity contribution in [1.82, 2.24) is 29.9 Å². The maximum absolute atomic E-state index is 12.5. The van der Waals surface area contributed by atoms with Gasteiger partial charge < -0.3 is 4.98 Å². The number of imidazole rings is 1. The summed E-state index contributed by atoms with van der Waals surface area (Å²) >= 11 is 1.54. The Morgan fingerprint density at radius 3 is 2.59 bits per heavy atom. The standard InChI is InChI=1S/C21H17N7O2S2/c29-32(30,26-20-7-3-4-12-22-20)17-10-8-16(9-11-17)28-13-15(25-27-28)14-31-21-23-18-5-1-2-6-19(18)24-21/h1-13H,14H2,(H,22,26)(H,23,24). The van der Waals surface area contributed by atoms with Crippen LogP contribution in [0.5, 0.6) is 0 Å². The van der Waals surface area contributed by atoms with Crippen molar-refractivity contribution in [3.05, 3.63) is 84.8 Å². The van der Waals surface area contributed by atoms with E-state index in [9.17, 15) is 8.42 Å². The van der Waals surface area contributed by atoms with Gasteiger partial charge in [0.2, 0.25) is 0 Å². The SMILES string of the molecule is O=S(=O)(Nc1ccccn1)c1ccc(-n2cc(CSc3nc4ccccc4[nH]3)nn2)cc1. The van der Waals surface area contributed by atoms with E-state index in [1.807, 2.05) is 30.5 Å². The zero-order valence-corrected chi connectivity index (χ0v) is 18.2. The molecule has 0 spiro atoms. The van der Waals surface area contributed by atoms with Gasteiger partial charge >= 0.3 is 0 Å². The summed E-state index contributed by atoms with van der Waals surface area (Å²) in [7, 11) is -3.73. The number of hydrogen-bond acceptors (Lipinski definition) is 7. The number of hydrogen-bond donors (Lipinski definition) is 2. The number of pyridine rings is 1. The lowest BCUT2D eigenvalue weighted by Gasteiger charge is -2.07. The fourth-order valence-electron chi connectivity index (χ4n) is 3.03. The number of sulfonamides is 1. The average molecular weight is 464 g/mol. The van der Waals surface area contributed by atoms with Crippen molar-refractivity contribution in [3.8, 4) is 5.69 Å². The van der Waals surface area contributed by atoms with Crippen LogP contribution in [0.15, 0.2) is 89.2 Å². The molecule has 160 valence electrons. The summed E-state index contributed by atoms with van der Waals surface area (Å²) in [5.74, 6) is 0.861. The minimum Gasteiger partial charge on any atom is -0.333 e. The smallest absolute Gasteiger partial charge is 0.263 e. The van der Waals surface area contributed by atoms with Crippen molar-refractivity contribution in [2.24, 2.45) is 0 Å². The average Bonchev–Trinajstić information content (AvgIpc) is 3.45. The second kappa shape index (κ2) is 8.44. The monoisotopic (exact) mass is 463 g/mol. The fraction of sp³-hybridized carbons (Fsp3) is 0.0476. The van der Waals surface area contributed by atoms with Gasteiger partial charge in [-0.05, 0) is 48.5 Å². The Morgan fingerprint density at radius 2 is 1.81 bits per heavy atom. The molecule has 0 saturated heterocycles. The van der Waals surface area contributed by atoms with E-state index in [2.05, 4.69) is 30.0 Å². The summed E-state index contributed by atoms with van der Waals surface area (Å²) < 4.78 is 29.1. The van der Waals surface area contributed by atoms with E-state index in [1.165, 1.54) is 30.1 Å². The highest BCUT2D eigenvalue weighted by Crippen LogP contribution is 2.23. The molecule has 5 rings (SSSR count). The topological polar surface area (TPSA) is 118 Å². The lowest BCUT2D eigenvalue weighted by molar-refractivity contribution is 0.601. The Labute approximate surface area is 188 Å². The molecule has 3 aromatic heterocycles. The molecular formula is C21H17N7O2S2. The number of anilines is 1. The Bertz CT molecular complexity index is 1430. The van der Waals surface area contributed by atoms with Gasteiger partial charge in [0, 0.05) is 11.9 Å². The maximum atomic E-state index is 12.5. The first-order valence-electron chi connectivity index (χ1n) is 9.60. The number of H-pyrrole nitrogens is 1. The molecule has 5 aromatic rings. The maximum Gasteiger partial charge on any atom is 0.263 e. The zero-order valence-electron chi connectivity index (χ0n) is 16.6. The third-order valence-electron chi connectivity index (χ3n) is 4.58. The molecule has 0 bridgehead atoms. The number of nitrogens with one attached hydrogen (secondary N) is 2. The molecule has 32 heavy (non-hydrogen) atoms. The molecular weight excluding hydrogens is 446 g/mol. The van der Waals surface area contributed by atoms with Crippen molar-refractivity contribution in [3.63, 3.8) is 0 Å². The van der Waals surface area contributed by atoms with Gasteiger partial charge in [-0.25, -0.2) is 23.1 Å². The molecule has 0 radical (unpaired) electrons. The highest BCUT2D eigenvalue weighted by Gasteiger charge is 2.15. The van der Waals surface area contributed by atoms with Crippen LogP contribution in [0.4, 0.5) is 5.82 Å². The Hall–Kier alpha value is -3.70. The lowest BCUT2D eigenvalue weighted by Crippen LogP contribution is -2.13. The molecule has 0 saturated carbocycles. The number of fused-ring (bicyclic) bond motifs is 1. The third kappa shape index (κ3) is 4.34. The first-order valence-corrected chi connectivity index (χ1v) is 12.1. The van der Waals surface area contributed by atoms with E-state index in [-0.39, 0.29) is 10.7 Å². The lowest BCUT2D eigenvalue weighted by atomic mass is 10.3. The summed E-state index contributed by atoms with van der Waals surface area (Å²) in [6.45, 7) is 0. The van der Waals surface area contributed by atoms with Gasteiger partial charge in [0.1, 0.15) is 5.82 Å². The molecule has 0 amide bonds. The summed E-state index contributed by atoms with van der Waals surface area (Å²) in [6, 6.07) is 19.3. The van der Waals surface area contributed by atoms with E-state index in [0.717, 1.165) is 21.9 Å². The van der Waals surface area contributed by atoms with Gasteiger partial charge in [-0.15, -0.1) is 5.10 Å². The molecule has 0 atom stereocenters. The summed E-state index contributed by atoms with van der Waals surface area (Å²) in [4.78, 5) is 11.9. The summed E-state index contributed by atoms with van der Waals surface area (Å²) in [6.07, 6.45) is 3.33. The number of thioether (sulfide) groups is 1. The normalized spacial score (nSPS) is 11.6. The van der Waals surface area contributed by atoms with Crippen LogP contribution >= 0.6 is 11.8 Å². The van der Waals surface area contributed by atoms with Crippen molar-refractivity contribution in [1.29, 1.82) is 0 Å². The first kappa shape index (κ1) is 20.2. The molecule has 0 aliphatic heterocycles. The Morgan fingerprint density at radius 1 is 1.00 bits per heavy atom. The number of aromatic amines is 1. The second-order valence-electron chi connectivity index (χ2n) is 6.82. The van der Waals surface area contributed by atoms with E-state index in [0.29, 0.717) is 11.4 Å². The largest absolute Gasteiger partial charge is 0.333 e. The zero-order chi connectivity index (χ0) is 22.0. The van der Waals surface area contributed by atoms with Gasteiger partial charge in [-0.3, -0.25) is 4.72 Å². The summed E-state index contributed by atoms with van der Waals surface area (Å²) in [5, 5.41) is 9.16. The minimum absolute atomic E-state index is 0.132. The number of nitrogens with zero attached hydrogens (tertiary/aromatic N) is 5. The van der Waals surface area contributed by atoms with Crippen molar-refractivity contribution in [2.45, 2.75) is 15.8 Å². The number of para-hydroxylation sites is 2. The van der Waals surface area contributed by atoms with Gasteiger partial charge in [-0.1, -0.05) is 35.2 Å². The van der Waals surface area contributed by atoms with Crippen LogP contribution in [0.2, 0.25) is 0 Å². The van der Waals surface area contributed by atoms with Crippen molar-refractivity contribution >= 4 is 38.6 Å². The highest BCUT2D eigenvalue weighted by atomic mass is 32.2. The van der Waals surface area contributed by atoms with E-state index < -0.39 is 10.0 Å². The van der Waals surface area contributed by atoms with Crippen LogP contribution in [0.1, 0.15) is 5.69 Å². The van der Waals surface area contributed by atoms with E-state index in [1.54, 1.807) is 35.0 Å². The van der Waals surface area contributed by atoms with Crippen LogP contribution in [-0.2, 0) is 15.8 Å². The quantitative estimate of drug-likeness (QED) is 0.354. The molecule has 0 fully saturated rings. The van der Waals surface area contributed by atoms with Gasteiger partial charge in [0.25, 0.3) is 10.0 Å². The molecule has 2 aromatic carbocycles. The fourth-order valence-corrected chi connectivity index (χ4v) is 4.80. The van der Waals surface area contributed by atoms with Gasteiger partial charge in [-0.2, -0.15) is 0 Å². The number of benzene rings is 2. The summed E-state index contributed by atoms with van der Waals surface area (Å²) in [5.41, 5.74) is 3.40. The minimum atomic E-state index is -3.73. The predicted molar refractivity (Wildman–Crippen MR) is 122 cm³/mol. The Kier molecular flexibility index (Phi) is 5.33. The van der Waals surface area contributed by atoms with Crippen molar-refractivity contribution in [2.75, 3.05) is 4.72 Å². The molecule has 3 heterocycles. The molecule has 0 aliphatic carbocycles. The van der Waals surface area contributed by atoms with Crippen LogP contribution < -0.4 is 4.72 Å². The molecule has 9 nitrogen and oxygen atoms in total. The molecule has 2 N–H and O–H groups in total. The van der Waals surface area contributed by atoms with E-state index in [4.69, 9.17) is 0 Å². The van der Waals surface area contributed by atoms with Crippen molar-refractivity contribution < 1.29 is 8.42 Å². The third-order valence-corrected chi connectivity index (χ3v) is 6.86. The van der Waals surface area contributed by atoms with Gasteiger partial charge in [0.05, 0.1) is 33.5 Å². The number of aromatic nitrogens is 6. The highest BCUT2D eigenvalue weighted by molar-refractivity contribution is 7.98. The van der Waals surface area contributed by atoms with E-state index >= 15 is 0 Å².